The van der Waals surface area contributed by atoms with Gasteiger partial charge < -0.3 is 19.3 Å². The average molecular weight is 366 g/mol. The standard InChI is InChI=1S/C23H26O4/c1-25-21-13-9-16(14-23(21)27-3)8-10-17-6-4-5-7-19(17)18-11-12-20(24)22(15-18)26-2/h5,7-15,17,19,24H,4,6H2,1-3H3/b10-8-. The van der Waals surface area contributed by atoms with Crippen LogP contribution < -0.4 is 14.2 Å². The highest BCUT2D eigenvalue weighted by Crippen LogP contribution is 2.38. The van der Waals surface area contributed by atoms with Gasteiger partial charge in [-0.2, -0.15) is 0 Å². The Morgan fingerprint density at radius 3 is 2.44 bits per heavy atom. The molecule has 1 aliphatic carbocycles. The second kappa shape index (κ2) is 8.67. The number of hydrogen-bond donors (Lipinski definition) is 1. The number of methoxy groups -OCH3 is 3. The normalized spacial score (nSPS) is 19.2. The monoisotopic (exact) mass is 366 g/mol. The quantitative estimate of drug-likeness (QED) is 0.716. The van der Waals surface area contributed by atoms with Gasteiger partial charge in [-0.1, -0.05) is 36.4 Å². The third-order valence-electron chi connectivity index (χ3n) is 5.00. The first-order valence-corrected chi connectivity index (χ1v) is 9.10. The van der Waals surface area contributed by atoms with Gasteiger partial charge in [-0.25, -0.2) is 0 Å². The highest BCUT2D eigenvalue weighted by molar-refractivity contribution is 5.56. The molecular formula is C23H26O4. The lowest BCUT2D eigenvalue weighted by molar-refractivity contribution is 0.355. The van der Waals surface area contributed by atoms with Crippen molar-refractivity contribution >= 4 is 6.08 Å². The van der Waals surface area contributed by atoms with Crippen LogP contribution in [-0.4, -0.2) is 26.4 Å². The minimum absolute atomic E-state index is 0.165. The van der Waals surface area contributed by atoms with Gasteiger partial charge in [0, 0.05) is 5.92 Å². The van der Waals surface area contributed by atoms with Gasteiger partial charge in [0.25, 0.3) is 0 Å². The Hall–Kier alpha value is -2.88. The van der Waals surface area contributed by atoms with E-state index in [0.717, 1.165) is 35.5 Å². The summed E-state index contributed by atoms with van der Waals surface area (Å²) < 4.78 is 16.0. The molecule has 1 N–H and O–H groups in total. The zero-order chi connectivity index (χ0) is 19.2. The van der Waals surface area contributed by atoms with Crippen molar-refractivity contribution in [3.8, 4) is 23.0 Å². The Bertz CT molecular complexity index is 838. The molecule has 0 radical (unpaired) electrons. The molecule has 0 heterocycles. The summed E-state index contributed by atoms with van der Waals surface area (Å²) in [4.78, 5) is 0. The van der Waals surface area contributed by atoms with Gasteiger partial charge in [0.1, 0.15) is 0 Å². The molecule has 0 aliphatic heterocycles. The van der Waals surface area contributed by atoms with Gasteiger partial charge in [0.05, 0.1) is 21.3 Å². The third kappa shape index (κ3) is 4.27. The van der Waals surface area contributed by atoms with Crippen LogP contribution in [0.25, 0.3) is 6.08 Å². The molecule has 0 bridgehead atoms. The molecule has 0 aromatic heterocycles. The lowest BCUT2D eigenvalue weighted by Gasteiger charge is -2.26. The van der Waals surface area contributed by atoms with Crippen LogP contribution in [0.1, 0.15) is 29.9 Å². The Labute approximate surface area is 160 Å². The molecule has 27 heavy (non-hydrogen) atoms. The van der Waals surface area contributed by atoms with Gasteiger partial charge >= 0.3 is 0 Å². The second-order valence-corrected chi connectivity index (χ2v) is 6.60. The molecule has 0 spiro atoms. The van der Waals surface area contributed by atoms with Crippen LogP contribution in [0, 0.1) is 5.92 Å². The number of rotatable bonds is 6. The number of hydrogen-bond acceptors (Lipinski definition) is 4. The number of aromatic hydroxyl groups is 1. The van der Waals surface area contributed by atoms with E-state index < -0.39 is 0 Å². The topological polar surface area (TPSA) is 47.9 Å². The summed E-state index contributed by atoms with van der Waals surface area (Å²) >= 11 is 0. The number of allylic oxidation sites excluding steroid dienone is 3. The molecule has 0 fully saturated rings. The number of benzene rings is 2. The van der Waals surface area contributed by atoms with Crippen LogP contribution in [0.15, 0.2) is 54.6 Å². The van der Waals surface area contributed by atoms with E-state index in [-0.39, 0.29) is 11.7 Å². The van der Waals surface area contributed by atoms with Gasteiger partial charge in [0.2, 0.25) is 0 Å². The summed E-state index contributed by atoms with van der Waals surface area (Å²) in [6, 6.07) is 11.5. The summed E-state index contributed by atoms with van der Waals surface area (Å²) in [6.07, 6.45) is 11.0. The Balaban J connectivity index is 1.84. The predicted octanol–water partition coefficient (Wildman–Crippen LogP) is 5.18. The lowest BCUT2D eigenvalue weighted by Crippen LogP contribution is -2.12. The van der Waals surface area contributed by atoms with Crippen LogP contribution in [0.5, 0.6) is 23.0 Å². The maximum atomic E-state index is 9.86. The molecule has 2 unspecified atom stereocenters. The SMILES string of the molecule is COc1cc(C2C=CCCC2/C=C\c2ccc(OC)c(OC)c2)ccc1O. The Morgan fingerprint density at radius 2 is 1.70 bits per heavy atom. The van der Waals surface area contributed by atoms with Crippen molar-refractivity contribution in [1.82, 2.24) is 0 Å². The Kier molecular flexibility index (Phi) is 6.07. The average Bonchev–Trinajstić information content (AvgIpc) is 2.72. The molecule has 2 atom stereocenters. The van der Waals surface area contributed by atoms with E-state index in [1.807, 2.05) is 30.3 Å². The van der Waals surface area contributed by atoms with E-state index in [1.165, 1.54) is 0 Å². The van der Waals surface area contributed by atoms with Gasteiger partial charge in [-0.3, -0.25) is 0 Å². The van der Waals surface area contributed by atoms with Crippen molar-refractivity contribution in [3.05, 3.63) is 65.8 Å². The third-order valence-corrected chi connectivity index (χ3v) is 5.00. The highest BCUT2D eigenvalue weighted by atomic mass is 16.5. The van der Waals surface area contributed by atoms with Crippen molar-refractivity contribution in [2.75, 3.05) is 21.3 Å². The van der Waals surface area contributed by atoms with E-state index in [4.69, 9.17) is 14.2 Å². The van der Waals surface area contributed by atoms with E-state index in [1.54, 1.807) is 27.4 Å². The molecule has 0 amide bonds. The van der Waals surface area contributed by atoms with Gasteiger partial charge in [-0.15, -0.1) is 0 Å². The lowest BCUT2D eigenvalue weighted by atomic mass is 9.79. The first-order valence-electron chi connectivity index (χ1n) is 9.10. The fraction of sp³-hybridized carbons (Fsp3) is 0.304. The van der Waals surface area contributed by atoms with Crippen LogP contribution in [0.4, 0.5) is 0 Å². The fourth-order valence-electron chi connectivity index (χ4n) is 3.52. The minimum Gasteiger partial charge on any atom is -0.504 e. The highest BCUT2D eigenvalue weighted by Gasteiger charge is 2.22. The molecule has 0 saturated carbocycles. The van der Waals surface area contributed by atoms with Crippen molar-refractivity contribution in [3.63, 3.8) is 0 Å². The van der Waals surface area contributed by atoms with E-state index in [2.05, 4.69) is 24.3 Å². The van der Waals surface area contributed by atoms with Crippen molar-refractivity contribution in [1.29, 1.82) is 0 Å². The molecule has 142 valence electrons. The van der Waals surface area contributed by atoms with Gasteiger partial charge in [-0.05, 0) is 54.2 Å². The first kappa shape index (κ1) is 18.9. The molecule has 2 aromatic carbocycles. The first-order chi connectivity index (χ1) is 13.2. The largest absolute Gasteiger partial charge is 0.504 e. The zero-order valence-corrected chi connectivity index (χ0v) is 16.0. The molecule has 4 heteroatoms. The minimum atomic E-state index is 0.165. The van der Waals surface area contributed by atoms with Crippen LogP contribution in [0.2, 0.25) is 0 Å². The summed E-state index contributed by atoms with van der Waals surface area (Å²) in [6.45, 7) is 0. The number of ether oxygens (including phenoxy) is 3. The van der Waals surface area contributed by atoms with Crippen molar-refractivity contribution < 1.29 is 19.3 Å². The second-order valence-electron chi connectivity index (χ2n) is 6.60. The summed E-state index contributed by atoms with van der Waals surface area (Å²) in [5, 5.41) is 9.86. The predicted molar refractivity (Wildman–Crippen MR) is 108 cm³/mol. The van der Waals surface area contributed by atoms with Crippen molar-refractivity contribution in [2.45, 2.75) is 18.8 Å². The zero-order valence-electron chi connectivity index (χ0n) is 16.0. The molecular weight excluding hydrogens is 340 g/mol. The maximum absolute atomic E-state index is 9.86. The molecule has 2 aromatic rings. The molecule has 3 rings (SSSR count). The smallest absolute Gasteiger partial charge is 0.161 e. The van der Waals surface area contributed by atoms with E-state index in [9.17, 15) is 5.11 Å². The van der Waals surface area contributed by atoms with E-state index in [0.29, 0.717) is 11.7 Å². The van der Waals surface area contributed by atoms with Crippen LogP contribution in [-0.2, 0) is 0 Å². The Morgan fingerprint density at radius 1 is 0.926 bits per heavy atom. The van der Waals surface area contributed by atoms with Crippen molar-refractivity contribution in [2.24, 2.45) is 5.92 Å². The summed E-state index contributed by atoms with van der Waals surface area (Å²) in [7, 11) is 4.85. The molecule has 0 saturated heterocycles. The summed E-state index contributed by atoms with van der Waals surface area (Å²) in [5.74, 6) is 2.75. The molecule has 1 aliphatic rings. The van der Waals surface area contributed by atoms with E-state index >= 15 is 0 Å². The van der Waals surface area contributed by atoms with Crippen LogP contribution in [0.3, 0.4) is 0 Å². The molecule has 4 nitrogen and oxygen atoms in total. The number of phenolic OH excluding ortho intramolecular Hbond substituents is 1. The van der Waals surface area contributed by atoms with Crippen LogP contribution >= 0.6 is 0 Å². The summed E-state index contributed by atoms with van der Waals surface area (Å²) in [5.41, 5.74) is 2.21. The maximum Gasteiger partial charge on any atom is 0.161 e. The number of phenols is 1. The van der Waals surface area contributed by atoms with Gasteiger partial charge in [0.15, 0.2) is 23.0 Å². The fourth-order valence-corrected chi connectivity index (χ4v) is 3.52.